The molecule has 13 heteroatoms. The van der Waals surface area contributed by atoms with Crippen LogP contribution in [0.15, 0.2) is 54.9 Å². The maximum atomic E-state index is 13.1. The lowest BCUT2D eigenvalue weighted by molar-refractivity contribution is -0.137. The molecule has 1 aliphatic heterocycles. The normalized spacial score (nSPS) is 21.6. The summed E-state index contributed by atoms with van der Waals surface area (Å²) < 4.78 is 47.2. The summed E-state index contributed by atoms with van der Waals surface area (Å²) in [5.41, 5.74) is 8.76. The molecule has 1 saturated carbocycles. The van der Waals surface area contributed by atoms with Gasteiger partial charge in [-0.3, -0.25) is 14.3 Å². The third-order valence-corrected chi connectivity index (χ3v) is 8.35. The summed E-state index contributed by atoms with van der Waals surface area (Å²) in [4.78, 5) is 34.0. The molecule has 6 rings (SSSR count). The largest absolute Gasteiger partial charge is 0.416 e. The number of hydrogen-bond donors (Lipinski definition) is 3. The molecule has 1 aliphatic carbocycles. The number of rotatable bonds is 3. The highest BCUT2D eigenvalue weighted by atomic mass is 19.4. The molecule has 0 radical (unpaired) electrons. The number of benzene rings is 1. The van der Waals surface area contributed by atoms with Crippen molar-refractivity contribution in [3.05, 3.63) is 71.6 Å². The third-order valence-electron chi connectivity index (χ3n) is 8.35. The van der Waals surface area contributed by atoms with Crippen LogP contribution in [0.3, 0.4) is 0 Å². The fraction of sp³-hybridized carbons (Fsp3) is 0.364. The molecule has 2 aliphatic rings. The van der Waals surface area contributed by atoms with Crippen LogP contribution in [0.25, 0.3) is 28.2 Å². The number of amides is 2. The number of nitrogens with zero attached hydrogens (tertiary/aromatic N) is 4. The number of nitrogen functional groups attached to an aromatic ring is 1. The Morgan fingerprint density at radius 2 is 1.96 bits per heavy atom. The molecule has 1 aromatic carbocycles. The van der Waals surface area contributed by atoms with Crippen LogP contribution in [0, 0.1) is 0 Å². The second-order valence-corrected chi connectivity index (χ2v) is 11.7. The van der Waals surface area contributed by atoms with Gasteiger partial charge in [0.15, 0.2) is 0 Å². The summed E-state index contributed by atoms with van der Waals surface area (Å²) in [7, 11) is 0. The first-order valence-corrected chi connectivity index (χ1v) is 15.3. The van der Waals surface area contributed by atoms with E-state index in [1.807, 2.05) is 23.8 Å². The monoisotopic (exact) mass is 633 g/mol. The van der Waals surface area contributed by atoms with Gasteiger partial charge in [-0.25, -0.2) is 9.97 Å². The van der Waals surface area contributed by atoms with Crippen LogP contribution in [-0.4, -0.2) is 50.3 Å². The molecular weight excluding hydrogens is 599 g/mol. The lowest BCUT2D eigenvalue weighted by Gasteiger charge is -2.31. The number of carbonyl (C=O) groups excluding carboxylic acids is 2. The number of nitrogens with one attached hydrogen (secondary N) is 2. The molecule has 4 heterocycles. The zero-order valence-electron chi connectivity index (χ0n) is 25.2. The number of aromatic nitrogens is 4. The molecule has 0 saturated heterocycles. The van der Waals surface area contributed by atoms with Gasteiger partial charge in [-0.2, -0.15) is 18.3 Å². The number of hydrogen-bond acceptors (Lipinski definition) is 7. The van der Waals surface area contributed by atoms with Crippen molar-refractivity contribution < 1.29 is 27.5 Å². The van der Waals surface area contributed by atoms with E-state index in [-0.39, 0.29) is 35.5 Å². The summed E-state index contributed by atoms with van der Waals surface area (Å²) in [6.07, 6.45) is 6.28. The Morgan fingerprint density at radius 3 is 2.74 bits per heavy atom. The number of ether oxygens (including phenoxy) is 1. The SMILES string of the molecule is C[C@H]1CC(=O)N[C@@H]2CCC[C@H](C2)n2nc(-c3ccc(C(=O)Nc4cc(C(F)(F)F)ccn4)cc3)c3c(N)ncc(c32)/C=C/CCO1. The first-order chi connectivity index (χ1) is 22.1. The first kappa shape index (κ1) is 31.2. The van der Waals surface area contributed by atoms with Crippen LogP contribution in [0.4, 0.5) is 24.8 Å². The fourth-order valence-corrected chi connectivity index (χ4v) is 6.12. The Balaban J connectivity index is 1.35. The van der Waals surface area contributed by atoms with E-state index < -0.39 is 17.6 Å². The highest BCUT2D eigenvalue weighted by Gasteiger charge is 2.31. The molecule has 2 bridgehead atoms. The van der Waals surface area contributed by atoms with Crippen LogP contribution in [0.2, 0.25) is 0 Å². The predicted molar refractivity (Wildman–Crippen MR) is 168 cm³/mol. The minimum Gasteiger partial charge on any atom is -0.383 e. The molecule has 1 fully saturated rings. The predicted octanol–water partition coefficient (Wildman–Crippen LogP) is 6.16. The number of halogens is 3. The van der Waals surface area contributed by atoms with Gasteiger partial charge >= 0.3 is 6.18 Å². The highest BCUT2D eigenvalue weighted by molar-refractivity contribution is 6.06. The zero-order chi connectivity index (χ0) is 32.4. The molecule has 240 valence electrons. The van der Waals surface area contributed by atoms with Gasteiger partial charge in [-0.15, -0.1) is 0 Å². The second-order valence-electron chi connectivity index (χ2n) is 11.7. The van der Waals surface area contributed by atoms with Gasteiger partial charge in [0.1, 0.15) is 17.3 Å². The summed E-state index contributed by atoms with van der Waals surface area (Å²) in [6, 6.07) is 8.19. The molecular formula is C33H34F3N7O3. The number of anilines is 2. The van der Waals surface area contributed by atoms with Gasteiger partial charge < -0.3 is 21.1 Å². The van der Waals surface area contributed by atoms with Crippen molar-refractivity contribution in [1.82, 2.24) is 25.1 Å². The van der Waals surface area contributed by atoms with Crippen LogP contribution >= 0.6 is 0 Å². The quantitative estimate of drug-likeness (QED) is 0.246. The van der Waals surface area contributed by atoms with Gasteiger partial charge in [0.2, 0.25) is 5.91 Å². The van der Waals surface area contributed by atoms with Gasteiger partial charge in [0.25, 0.3) is 5.91 Å². The van der Waals surface area contributed by atoms with Crippen LogP contribution < -0.4 is 16.4 Å². The molecule has 0 spiro atoms. The van der Waals surface area contributed by atoms with Crippen molar-refractivity contribution in [3.63, 3.8) is 0 Å². The van der Waals surface area contributed by atoms with E-state index in [1.165, 1.54) is 0 Å². The van der Waals surface area contributed by atoms with Crippen molar-refractivity contribution in [2.45, 2.75) is 69.8 Å². The van der Waals surface area contributed by atoms with Crippen LogP contribution in [0.5, 0.6) is 0 Å². The van der Waals surface area contributed by atoms with Gasteiger partial charge in [-0.05, 0) is 63.3 Å². The Kier molecular flexibility index (Phi) is 8.76. The van der Waals surface area contributed by atoms with E-state index in [4.69, 9.17) is 15.6 Å². The molecule has 4 aromatic rings. The minimum absolute atomic E-state index is 0.00596. The number of pyridine rings is 2. The smallest absolute Gasteiger partial charge is 0.383 e. The third kappa shape index (κ3) is 6.74. The van der Waals surface area contributed by atoms with Gasteiger partial charge in [0, 0.05) is 35.1 Å². The maximum Gasteiger partial charge on any atom is 0.416 e. The van der Waals surface area contributed by atoms with Crippen molar-refractivity contribution in [1.29, 1.82) is 0 Å². The number of alkyl halides is 3. The Labute approximate surface area is 263 Å². The summed E-state index contributed by atoms with van der Waals surface area (Å²) >= 11 is 0. The highest BCUT2D eigenvalue weighted by Crippen LogP contribution is 2.39. The summed E-state index contributed by atoms with van der Waals surface area (Å²) in [6.45, 7) is 2.37. The number of carbonyl (C=O) groups is 2. The Morgan fingerprint density at radius 1 is 1.15 bits per heavy atom. The van der Waals surface area contributed by atoms with E-state index in [0.29, 0.717) is 48.3 Å². The first-order valence-electron chi connectivity index (χ1n) is 15.3. The fourth-order valence-electron chi connectivity index (χ4n) is 6.12. The summed E-state index contributed by atoms with van der Waals surface area (Å²) in [5, 5.41) is 11.4. The number of fused-ring (bicyclic) bond motifs is 3. The maximum absolute atomic E-state index is 13.1. The molecule has 3 aromatic heterocycles. The van der Waals surface area contributed by atoms with Crippen LogP contribution in [0.1, 0.15) is 73.0 Å². The van der Waals surface area contributed by atoms with E-state index in [9.17, 15) is 22.8 Å². The van der Waals surface area contributed by atoms with Crippen molar-refractivity contribution in [3.8, 4) is 11.3 Å². The molecule has 2 amide bonds. The van der Waals surface area contributed by atoms with Crippen molar-refractivity contribution >= 4 is 40.4 Å². The second kappa shape index (κ2) is 12.9. The number of nitrogens with two attached hydrogens (primary N) is 1. The zero-order valence-corrected chi connectivity index (χ0v) is 25.2. The lowest BCUT2D eigenvalue weighted by Crippen LogP contribution is -2.40. The van der Waals surface area contributed by atoms with E-state index in [1.54, 1.807) is 30.5 Å². The van der Waals surface area contributed by atoms with Gasteiger partial charge in [-0.1, -0.05) is 24.3 Å². The average molecular weight is 634 g/mol. The van der Waals surface area contributed by atoms with Crippen molar-refractivity contribution in [2.75, 3.05) is 17.7 Å². The average Bonchev–Trinajstić information content (AvgIpc) is 3.43. The van der Waals surface area contributed by atoms with E-state index >= 15 is 0 Å². The topological polar surface area (TPSA) is 137 Å². The Bertz CT molecular complexity index is 1790. The van der Waals surface area contributed by atoms with E-state index in [2.05, 4.69) is 20.6 Å². The minimum atomic E-state index is -4.56. The lowest BCUT2D eigenvalue weighted by atomic mass is 9.90. The van der Waals surface area contributed by atoms with Crippen molar-refractivity contribution in [2.24, 2.45) is 0 Å². The standard InChI is InChI=1S/C33H34F3N7O3/c1-19-15-27(44)40-24-6-4-7-25(17-24)43-30-22(5-2-3-14-46-19)18-39-31(37)28(30)29(42-43)20-8-10-21(11-9-20)32(45)41-26-16-23(12-13-38-26)33(34,35)36/h2,5,8-13,16,18-19,24-25H,3-4,6-7,14-15,17H2,1H3,(H2,37,39)(H,40,44)(H,38,41,45)/b5-2+/t19-,24+,25+/m0/s1. The molecule has 4 N–H and O–H groups in total. The Hall–Kier alpha value is -4.78. The van der Waals surface area contributed by atoms with Gasteiger partial charge in [0.05, 0.1) is 41.6 Å². The van der Waals surface area contributed by atoms with Crippen LogP contribution in [-0.2, 0) is 15.7 Å². The molecule has 46 heavy (non-hydrogen) atoms. The molecule has 0 unspecified atom stereocenters. The van der Waals surface area contributed by atoms with E-state index in [0.717, 1.165) is 48.7 Å². The molecule has 10 nitrogen and oxygen atoms in total. The molecule has 3 atom stereocenters. The summed E-state index contributed by atoms with van der Waals surface area (Å²) in [5.74, 6) is -0.537.